The Morgan fingerprint density at radius 2 is 1.79 bits per heavy atom. The number of hydrogen-bond donors (Lipinski definition) is 1. The number of nitrogens with zero attached hydrogens (tertiary/aromatic N) is 1. The van der Waals surface area contributed by atoms with Gasteiger partial charge in [-0.2, -0.15) is 0 Å². The molecule has 1 saturated carbocycles. The van der Waals surface area contributed by atoms with E-state index in [1.54, 1.807) is 18.2 Å². The summed E-state index contributed by atoms with van der Waals surface area (Å²) in [4.78, 5) is 14.7. The molecule has 1 saturated heterocycles. The Kier molecular flexibility index (Phi) is 5.25. The van der Waals surface area contributed by atoms with Gasteiger partial charge in [-0.1, -0.05) is 25.8 Å². The standard InChI is InChI=1S/C18H26N2O3S/c1-14-9-11-20(12-10-14)18(21)15-5-4-8-17(13-15)24(22,23)19-16-6-2-3-7-16/h4-5,8,13-14,16,19H,2-3,6-7,9-12H2,1H3. The zero-order valence-corrected chi connectivity index (χ0v) is 15.0. The Morgan fingerprint density at radius 3 is 2.46 bits per heavy atom. The van der Waals surface area contributed by atoms with Crippen molar-refractivity contribution in [1.29, 1.82) is 0 Å². The minimum absolute atomic E-state index is 0.0259. The van der Waals surface area contributed by atoms with Crippen LogP contribution in [0.4, 0.5) is 0 Å². The number of likely N-dealkylation sites (tertiary alicyclic amines) is 1. The van der Waals surface area contributed by atoms with Crippen molar-refractivity contribution in [1.82, 2.24) is 9.62 Å². The molecule has 1 aliphatic heterocycles. The van der Waals surface area contributed by atoms with Gasteiger partial charge in [0.1, 0.15) is 0 Å². The van der Waals surface area contributed by atoms with Crippen molar-refractivity contribution in [3.8, 4) is 0 Å². The third kappa shape index (κ3) is 3.98. The fourth-order valence-electron chi connectivity index (χ4n) is 3.52. The summed E-state index contributed by atoms with van der Waals surface area (Å²) in [6.07, 6.45) is 5.94. The van der Waals surface area contributed by atoms with Crippen molar-refractivity contribution < 1.29 is 13.2 Å². The predicted octanol–water partition coefficient (Wildman–Crippen LogP) is 2.78. The fourth-order valence-corrected chi connectivity index (χ4v) is 4.87. The van der Waals surface area contributed by atoms with Crippen molar-refractivity contribution in [3.63, 3.8) is 0 Å². The van der Waals surface area contributed by atoms with Gasteiger partial charge in [0.15, 0.2) is 0 Å². The number of hydrogen-bond acceptors (Lipinski definition) is 3. The van der Waals surface area contributed by atoms with Gasteiger partial charge in [-0.3, -0.25) is 4.79 Å². The highest BCUT2D eigenvalue weighted by Crippen LogP contribution is 2.22. The molecule has 1 heterocycles. The third-order valence-electron chi connectivity index (χ3n) is 5.14. The molecule has 2 aliphatic rings. The van der Waals surface area contributed by atoms with Crippen LogP contribution in [0.3, 0.4) is 0 Å². The quantitative estimate of drug-likeness (QED) is 0.908. The van der Waals surface area contributed by atoms with Crippen LogP contribution in [-0.4, -0.2) is 38.4 Å². The summed E-state index contributed by atoms with van der Waals surface area (Å²) in [5.41, 5.74) is 0.457. The summed E-state index contributed by atoms with van der Waals surface area (Å²) < 4.78 is 27.9. The Bertz CT molecular complexity index is 688. The molecule has 0 bridgehead atoms. The second kappa shape index (κ2) is 7.23. The Hall–Kier alpha value is -1.40. The third-order valence-corrected chi connectivity index (χ3v) is 6.66. The van der Waals surface area contributed by atoms with E-state index in [0.29, 0.717) is 11.5 Å². The molecule has 24 heavy (non-hydrogen) atoms. The van der Waals surface area contributed by atoms with Gasteiger partial charge in [0.2, 0.25) is 10.0 Å². The molecule has 1 N–H and O–H groups in total. The van der Waals surface area contributed by atoms with Crippen molar-refractivity contribution in [2.45, 2.75) is 56.4 Å². The zero-order valence-electron chi connectivity index (χ0n) is 14.2. The molecule has 1 aliphatic carbocycles. The molecule has 5 nitrogen and oxygen atoms in total. The lowest BCUT2D eigenvalue weighted by Gasteiger charge is -2.30. The predicted molar refractivity (Wildman–Crippen MR) is 93.3 cm³/mol. The molecule has 1 aromatic carbocycles. The van der Waals surface area contributed by atoms with Crippen LogP contribution in [0, 0.1) is 5.92 Å². The summed E-state index contributed by atoms with van der Waals surface area (Å²) in [5, 5.41) is 0. The average molecular weight is 350 g/mol. The Balaban J connectivity index is 1.74. The highest BCUT2D eigenvalue weighted by Gasteiger charge is 2.25. The molecule has 0 aromatic heterocycles. The lowest BCUT2D eigenvalue weighted by Crippen LogP contribution is -2.38. The molecule has 0 spiro atoms. The van der Waals surface area contributed by atoms with Crippen LogP contribution in [-0.2, 0) is 10.0 Å². The van der Waals surface area contributed by atoms with Gasteiger partial charge in [0.25, 0.3) is 5.91 Å². The van der Waals surface area contributed by atoms with Gasteiger partial charge < -0.3 is 4.90 Å². The molecule has 0 unspecified atom stereocenters. The monoisotopic (exact) mass is 350 g/mol. The molecule has 3 rings (SSSR count). The minimum atomic E-state index is -3.56. The van der Waals surface area contributed by atoms with Crippen LogP contribution >= 0.6 is 0 Å². The fraction of sp³-hybridized carbons (Fsp3) is 0.611. The maximum Gasteiger partial charge on any atom is 0.253 e. The van der Waals surface area contributed by atoms with E-state index in [4.69, 9.17) is 0 Å². The number of nitrogens with one attached hydrogen (secondary N) is 1. The zero-order chi connectivity index (χ0) is 17.2. The Morgan fingerprint density at radius 1 is 1.12 bits per heavy atom. The number of carbonyl (C=O) groups excluding carboxylic acids is 1. The first-order chi connectivity index (χ1) is 11.5. The van der Waals surface area contributed by atoms with Crippen LogP contribution < -0.4 is 4.72 Å². The molecule has 6 heteroatoms. The number of amides is 1. The summed E-state index contributed by atoms with van der Waals surface area (Å²) >= 11 is 0. The van der Waals surface area contributed by atoms with Crippen molar-refractivity contribution in [3.05, 3.63) is 29.8 Å². The highest BCUT2D eigenvalue weighted by atomic mass is 32.2. The van der Waals surface area contributed by atoms with E-state index in [-0.39, 0.29) is 16.8 Å². The summed E-state index contributed by atoms with van der Waals surface area (Å²) in [6, 6.07) is 6.46. The van der Waals surface area contributed by atoms with Crippen molar-refractivity contribution in [2.24, 2.45) is 5.92 Å². The van der Waals surface area contributed by atoms with Crippen LogP contribution in [0.25, 0.3) is 0 Å². The summed E-state index contributed by atoms with van der Waals surface area (Å²) in [5.74, 6) is 0.580. The van der Waals surface area contributed by atoms with Crippen LogP contribution in [0.5, 0.6) is 0 Å². The highest BCUT2D eigenvalue weighted by molar-refractivity contribution is 7.89. The molecule has 0 atom stereocenters. The number of carbonyl (C=O) groups is 1. The van der Waals surface area contributed by atoms with Crippen LogP contribution in [0.2, 0.25) is 0 Å². The largest absolute Gasteiger partial charge is 0.339 e. The van der Waals surface area contributed by atoms with Crippen molar-refractivity contribution >= 4 is 15.9 Å². The second-order valence-corrected chi connectivity index (χ2v) is 8.82. The molecular weight excluding hydrogens is 324 g/mol. The normalized spacial score (nSPS) is 20.5. The SMILES string of the molecule is CC1CCN(C(=O)c2cccc(S(=O)(=O)NC3CCCC3)c2)CC1. The molecular formula is C18H26N2O3S. The smallest absolute Gasteiger partial charge is 0.253 e. The molecule has 132 valence electrons. The van der Waals surface area contributed by atoms with E-state index in [0.717, 1.165) is 51.6 Å². The van der Waals surface area contributed by atoms with Gasteiger partial charge in [0, 0.05) is 24.7 Å². The van der Waals surface area contributed by atoms with E-state index in [2.05, 4.69) is 11.6 Å². The lowest BCUT2D eigenvalue weighted by atomic mass is 9.98. The van der Waals surface area contributed by atoms with Gasteiger partial charge >= 0.3 is 0 Å². The maximum absolute atomic E-state index is 12.6. The van der Waals surface area contributed by atoms with Gasteiger partial charge in [-0.15, -0.1) is 0 Å². The Labute approximate surface area is 144 Å². The van der Waals surface area contributed by atoms with E-state index in [1.807, 2.05) is 4.90 Å². The van der Waals surface area contributed by atoms with Crippen LogP contribution in [0.15, 0.2) is 29.2 Å². The lowest BCUT2D eigenvalue weighted by molar-refractivity contribution is 0.0697. The molecule has 1 amide bonds. The first-order valence-corrected chi connectivity index (χ1v) is 10.4. The first-order valence-electron chi connectivity index (χ1n) is 8.87. The van der Waals surface area contributed by atoms with E-state index in [1.165, 1.54) is 6.07 Å². The van der Waals surface area contributed by atoms with E-state index >= 15 is 0 Å². The molecule has 2 fully saturated rings. The van der Waals surface area contributed by atoms with Gasteiger partial charge in [0.05, 0.1) is 4.90 Å². The molecule has 1 aromatic rings. The summed E-state index contributed by atoms with van der Waals surface area (Å²) in [7, 11) is -3.56. The maximum atomic E-state index is 12.6. The topological polar surface area (TPSA) is 66.5 Å². The number of piperidine rings is 1. The van der Waals surface area contributed by atoms with Crippen LogP contribution in [0.1, 0.15) is 55.8 Å². The number of rotatable bonds is 4. The molecule has 0 radical (unpaired) electrons. The minimum Gasteiger partial charge on any atom is -0.339 e. The number of benzene rings is 1. The first kappa shape index (κ1) is 17.4. The number of sulfonamides is 1. The summed E-state index contributed by atoms with van der Waals surface area (Å²) in [6.45, 7) is 3.69. The van der Waals surface area contributed by atoms with Gasteiger partial charge in [-0.05, 0) is 49.8 Å². The second-order valence-electron chi connectivity index (χ2n) is 7.11. The van der Waals surface area contributed by atoms with Gasteiger partial charge in [-0.25, -0.2) is 13.1 Å². The van der Waals surface area contributed by atoms with Crippen molar-refractivity contribution in [2.75, 3.05) is 13.1 Å². The van der Waals surface area contributed by atoms with E-state index in [9.17, 15) is 13.2 Å². The average Bonchev–Trinajstić information content (AvgIpc) is 3.07. The van der Waals surface area contributed by atoms with E-state index < -0.39 is 10.0 Å².